The van der Waals surface area contributed by atoms with E-state index in [0.717, 1.165) is 5.69 Å². The van der Waals surface area contributed by atoms with Gasteiger partial charge in [-0.15, -0.1) is 0 Å². The predicted molar refractivity (Wildman–Crippen MR) is 41.7 cm³/mol. The lowest BCUT2D eigenvalue weighted by Crippen LogP contribution is -2.30. The lowest BCUT2D eigenvalue weighted by molar-refractivity contribution is 0.153. The molecule has 2 rings (SSSR count). The summed E-state index contributed by atoms with van der Waals surface area (Å²) in [5.74, 6) is 0. The maximum absolute atomic E-state index is 9.14. The standard InChI is InChI=1S/C7H10N4O/c12-7-3-5(10-11-7)6-4-8-1-2-9-6/h1-2,4-5,7,10-12H,3H2. The Morgan fingerprint density at radius 3 is 2.92 bits per heavy atom. The average Bonchev–Trinajstić information content (AvgIpc) is 2.54. The van der Waals surface area contributed by atoms with Crippen LogP contribution in [0.2, 0.25) is 0 Å². The Hall–Kier alpha value is -1.04. The second-order valence-corrected chi connectivity index (χ2v) is 2.72. The smallest absolute Gasteiger partial charge is 0.119 e. The molecule has 1 aliphatic heterocycles. The zero-order chi connectivity index (χ0) is 8.39. The van der Waals surface area contributed by atoms with Gasteiger partial charge in [-0.3, -0.25) is 9.97 Å². The van der Waals surface area contributed by atoms with Crippen molar-refractivity contribution in [2.45, 2.75) is 18.7 Å². The molecule has 0 aliphatic carbocycles. The third-order valence-corrected chi connectivity index (χ3v) is 1.82. The van der Waals surface area contributed by atoms with Crippen LogP contribution in [-0.2, 0) is 0 Å². The first-order valence-corrected chi connectivity index (χ1v) is 3.81. The van der Waals surface area contributed by atoms with Crippen molar-refractivity contribution in [1.29, 1.82) is 0 Å². The summed E-state index contributed by atoms with van der Waals surface area (Å²) in [6, 6.07) is 0.0636. The molecule has 5 heteroatoms. The first-order valence-electron chi connectivity index (χ1n) is 3.81. The fraction of sp³-hybridized carbons (Fsp3) is 0.429. The molecule has 2 heterocycles. The summed E-state index contributed by atoms with van der Waals surface area (Å²) >= 11 is 0. The lowest BCUT2D eigenvalue weighted by Gasteiger charge is -2.05. The van der Waals surface area contributed by atoms with Crippen LogP contribution >= 0.6 is 0 Å². The molecule has 12 heavy (non-hydrogen) atoms. The molecule has 1 aliphatic rings. The molecule has 0 radical (unpaired) electrons. The Labute approximate surface area is 69.8 Å². The molecule has 64 valence electrons. The van der Waals surface area contributed by atoms with Crippen LogP contribution in [0.5, 0.6) is 0 Å². The number of rotatable bonds is 1. The van der Waals surface area contributed by atoms with E-state index in [9.17, 15) is 0 Å². The summed E-state index contributed by atoms with van der Waals surface area (Å²) in [5.41, 5.74) is 6.47. The van der Waals surface area contributed by atoms with Crippen molar-refractivity contribution in [3.63, 3.8) is 0 Å². The summed E-state index contributed by atoms with van der Waals surface area (Å²) in [7, 11) is 0. The molecular formula is C7H10N4O. The third-order valence-electron chi connectivity index (χ3n) is 1.82. The van der Waals surface area contributed by atoms with Gasteiger partial charge < -0.3 is 5.11 Å². The molecule has 0 bridgehead atoms. The Balaban J connectivity index is 2.11. The largest absolute Gasteiger partial charge is 0.377 e. The highest BCUT2D eigenvalue weighted by molar-refractivity contribution is 5.03. The maximum Gasteiger partial charge on any atom is 0.119 e. The quantitative estimate of drug-likeness (QED) is 0.516. The number of hydrogen-bond donors (Lipinski definition) is 3. The van der Waals surface area contributed by atoms with Crippen LogP contribution < -0.4 is 10.9 Å². The zero-order valence-corrected chi connectivity index (χ0v) is 6.44. The van der Waals surface area contributed by atoms with Gasteiger partial charge in [0.2, 0.25) is 0 Å². The molecule has 1 aromatic heterocycles. The Morgan fingerprint density at radius 2 is 2.33 bits per heavy atom. The molecule has 0 amide bonds. The minimum absolute atomic E-state index is 0.0636. The van der Waals surface area contributed by atoms with Gasteiger partial charge in [0.05, 0.1) is 17.9 Å². The van der Waals surface area contributed by atoms with Crippen LogP contribution in [0.25, 0.3) is 0 Å². The summed E-state index contributed by atoms with van der Waals surface area (Å²) in [6.45, 7) is 0. The number of aliphatic hydroxyl groups is 1. The van der Waals surface area contributed by atoms with Crippen molar-refractivity contribution in [2.24, 2.45) is 0 Å². The zero-order valence-electron chi connectivity index (χ0n) is 6.44. The van der Waals surface area contributed by atoms with Gasteiger partial charge in [-0.2, -0.15) is 0 Å². The summed E-state index contributed by atoms with van der Waals surface area (Å²) in [6.07, 6.45) is 5.09. The molecule has 0 aromatic carbocycles. The molecule has 2 atom stereocenters. The first kappa shape index (κ1) is 7.60. The van der Waals surface area contributed by atoms with E-state index in [1.807, 2.05) is 0 Å². The molecule has 3 N–H and O–H groups in total. The number of hydrazine groups is 1. The summed E-state index contributed by atoms with van der Waals surface area (Å²) in [4.78, 5) is 8.06. The minimum Gasteiger partial charge on any atom is -0.377 e. The van der Waals surface area contributed by atoms with Gasteiger partial charge in [0.1, 0.15) is 6.23 Å². The number of aromatic nitrogens is 2. The topological polar surface area (TPSA) is 70.1 Å². The molecule has 2 unspecified atom stereocenters. The number of aliphatic hydroxyl groups excluding tert-OH is 1. The van der Waals surface area contributed by atoms with Crippen LogP contribution in [-0.4, -0.2) is 21.3 Å². The van der Waals surface area contributed by atoms with Crippen LogP contribution in [0, 0.1) is 0 Å². The Kier molecular flexibility index (Phi) is 1.99. The van der Waals surface area contributed by atoms with Gasteiger partial charge in [-0.05, 0) is 0 Å². The molecule has 1 saturated heterocycles. The van der Waals surface area contributed by atoms with Gasteiger partial charge in [0.15, 0.2) is 0 Å². The first-order chi connectivity index (χ1) is 5.86. The van der Waals surface area contributed by atoms with Crippen LogP contribution in [0.1, 0.15) is 18.2 Å². The lowest BCUT2D eigenvalue weighted by atomic mass is 10.2. The third kappa shape index (κ3) is 1.42. The van der Waals surface area contributed by atoms with Crippen molar-refractivity contribution < 1.29 is 5.11 Å². The van der Waals surface area contributed by atoms with E-state index in [4.69, 9.17) is 5.11 Å². The van der Waals surface area contributed by atoms with Gasteiger partial charge in [-0.1, -0.05) is 0 Å². The van der Waals surface area contributed by atoms with E-state index >= 15 is 0 Å². The highest BCUT2D eigenvalue weighted by Crippen LogP contribution is 2.17. The Morgan fingerprint density at radius 1 is 1.42 bits per heavy atom. The van der Waals surface area contributed by atoms with Crippen molar-refractivity contribution >= 4 is 0 Å². The molecular weight excluding hydrogens is 156 g/mol. The van der Waals surface area contributed by atoms with E-state index in [1.54, 1.807) is 18.6 Å². The fourth-order valence-electron chi connectivity index (χ4n) is 1.22. The minimum atomic E-state index is -0.489. The van der Waals surface area contributed by atoms with Crippen molar-refractivity contribution in [1.82, 2.24) is 20.8 Å². The van der Waals surface area contributed by atoms with Crippen molar-refractivity contribution in [2.75, 3.05) is 0 Å². The molecule has 5 nitrogen and oxygen atoms in total. The number of nitrogens with one attached hydrogen (secondary N) is 2. The van der Waals surface area contributed by atoms with E-state index in [0.29, 0.717) is 6.42 Å². The van der Waals surface area contributed by atoms with Crippen LogP contribution in [0.4, 0.5) is 0 Å². The van der Waals surface area contributed by atoms with E-state index in [-0.39, 0.29) is 6.04 Å². The van der Waals surface area contributed by atoms with Gasteiger partial charge in [-0.25, -0.2) is 10.9 Å². The second-order valence-electron chi connectivity index (χ2n) is 2.72. The second kappa shape index (κ2) is 3.14. The van der Waals surface area contributed by atoms with E-state index < -0.39 is 6.23 Å². The monoisotopic (exact) mass is 166 g/mol. The van der Waals surface area contributed by atoms with Crippen LogP contribution in [0.15, 0.2) is 18.6 Å². The predicted octanol–water partition coefficient (Wildman–Crippen LogP) is -0.666. The average molecular weight is 166 g/mol. The highest BCUT2D eigenvalue weighted by Gasteiger charge is 2.23. The van der Waals surface area contributed by atoms with Gasteiger partial charge in [0.25, 0.3) is 0 Å². The molecule has 0 saturated carbocycles. The summed E-state index contributed by atoms with van der Waals surface area (Å²) < 4.78 is 0. The number of nitrogens with zero attached hydrogens (tertiary/aromatic N) is 2. The van der Waals surface area contributed by atoms with Crippen molar-refractivity contribution in [3.8, 4) is 0 Å². The SMILES string of the molecule is OC1CC(c2cnccn2)NN1. The van der Waals surface area contributed by atoms with Gasteiger partial charge in [0, 0.05) is 18.8 Å². The van der Waals surface area contributed by atoms with E-state index in [2.05, 4.69) is 20.8 Å². The van der Waals surface area contributed by atoms with Gasteiger partial charge >= 0.3 is 0 Å². The normalized spacial score (nSPS) is 29.1. The maximum atomic E-state index is 9.14. The molecule has 1 fully saturated rings. The highest BCUT2D eigenvalue weighted by atomic mass is 16.3. The van der Waals surface area contributed by atoms with Crippen molar-refractivity contribution in [3.05, 3.63) is 24.3 Å². The summed E-state index contributed by atoms with van der Waals surface area (Å²) in [5, 5.41) is 9.14. The van der Waals surface area contributed by atoms with Crippen LogP contribution in [0.3, 0.4) is 0 Å². The number of hydrogen-bond acceptors (Lipinski definition) is 5. The molecule has 0 spiro atoms. The molecule has 1 aromatic rings. The Bertz CT molecular complexity index is 253. The van der Waals surface area contributed by atoms with E-state index in [1.165, 1.54) is 0 Å². The fourth-order valence-corrected chi connectivity index (χ4v) is 1.22.